The molecular formula is C23H33N3O3S2. The molecule has 2 aliphatic carbocycles. The Morgan fingerprint density at radius 1 is 1.26 bits per heavy atom. The summed E-state index contributed by atoms with van der Waals surface area (Å²) >= 11 is 3.53. The summed E-state index contributed by atoms with van der Waals surface area (Å²) in [6.45, 7) is 0.434. The first kappa shape index (κ1) is 22.8. The smallest absolute Gasteiger partial charge is 0.243 e. The molecule has 1 aliphatic heterocycles. The van der Waals surface area contributed by atoms with E-state index in [1.54, 1.807) is 18.9 Å². The number of ether oxygens (including phenoxy) is 1. The van der Waals surface area contributed by atoms with Crippen molar-refractivity contribution in [3.05, 3.63) is 29.8 Å². The second-order valence-corrected chi connectivity index (χ2v) is 11.0. The Morgan fingerprint density at radius 2 is 2.10 bits per heavy atom. The quantitative estimate of drug-likeness (QED) is 0.495. The molecule has 1 aromatic carbocycles. The number of nitrogens with one attached hydrogen (secondary N) is 3. The molecule has 8 heteroatoms. The maximum absolute atomic E-state index is 13.0. The molecule has 1 heterocycles. The molecule has 2 saturated carbocycles. The van der Waals surface area contributed by atoms with Gasteiger partial charge in [-0.1, -0.05) is 18.6 Å². The summed E-state index contributed by atoms with van der Waals surface area (Å²) in [5.74, 6) is 6.46. The second-order valence-electron chi connectivity index (χ2n) is 8.87. The number of thioether (sulfide) groups is 2. The van der Waals surface area contributed by atoms with Crippen LogP contribution in [0.4, 0.5) is 0 Å². The van der Waals surface area contributed by atoms with E-state index >= 15 is 0 Å². The minimum atomic E-state index is -0.512. The number of carbonyl (C=O) groups excluding carboxylic acids is 2. The van der Waals surface area contributed by atoms with Crippen molar-refractivity contribution < 1.29 is 14.3 Å². The highest BCUT2D eigenvalue weighted by molar-refractivity contribution is 7.99. The second kappa shape index (κ2) is 11.0. The van der Waals surface area contributed by atoms with E-state index in [2.05, 4.69) is 16.0 Å². The Hall–Kier alpha value is -1.38. The van der Waals surface area contributed by atoms with Crippen LogP contribution in [0.1, 0.15) is 31.2 Å². The fourth-order valence-electron chi connectivity index (χ4n) is 4.99. The zero-order valence-corrected chi connectivity index (χ0v) is 19.7. The van der Waals surface area contributed by atoms with Crippen LogP contribution >= 0.6 is 23.5 Å². The van der Waals surface area contributed by atoms with Crippen LogP contribution in [0, 0.1) is 17.8 Å². The molecule has 3 N–H and O–H groups in total. The topological polar surface area (TPSA) is 79.5 Å². The van der Waals surface area contributed by atoms with Crippen LogP contribution in [-0.4, -0.2) is 54.1 Å². The van der Waals surface area contributed by atoms with Crippen molar-refractivity contribution in [3.63, 3.8) is 0 Å². The molecule has 2 amide bonds. The van der Waals surface area contributed by atoms with Gasteiger partial charge in [0.15, 0.2) is 0 Å². The first-order chi connectivity index (χ1) is 15.1. The highest BCUT2D eigenvalue weighted by atomic mass is 32.2. The Labute approximate surface area is 193 Å². The number of rotatable bonds is 10. The normalized spacial score (nSPS) is 27.8. The summed E-state index contributed by atoms with van der Waals surface area (Å²) in [7, 11) is 1.64. The van der Waals surface area contributed by atoms with Gasteiger partial charge < -0.3 is 15.4 Å². The van der Waals surface area contributed by atoms with Gasteiger partial charge in [-0.15, -0.1) is 11.8 Å². The molecule has 6 nitrogen and oxygen atoms in total. The minimum Gasteiger partial charge on any atom is -0.497 e. The van der Waals surface area contributed by atoms with Crippen molar-refractivity contribution in [3.8, 4) is 5.75 Å². The van der Waals surface area contributed by atoms with E-state index in [-0.39, 0.29) is 17.9 Å². The van der Waals surface area contributed by atoms with Crippen molar-refractivity contribution in [1.82, 2.24) is 16.0 Å². The summed E-state index contributed by atoms with van der Waals surface area (Å²) in [6, 6.07) is 6.93. The highest BCUT2D eigenvalue weighted by Gasteiger charge is 2.39. The highest BCUT2D eigenvalue weighted by Crippen LogP contribution is 2.49. The van der Waals surface area contributed by atoms with Crippen molar-refractivity contribution in [2.75, 3.05) is 30.2 Å². The summed E-state index contributed by atoms with van der Waals surface area (Å²) in [6.07, 6.45) is 5.54. The van der Waals surface area contributed by atoms with Crippen LogP contribution < -0.4 is 20.7 Å². The van der Waals surface area contributed by atoms with E-state index in [0.29, 0.717) is 12.3 Å². The average molecular weight is 464 g/mol. The van der Waals surface area contributed by atoms with Gasteiger partial charge in [-0.05, 0) is 60.5 Å². The zero-order chi connectivity index (χ0) is 21.6. The standard InChI is InChI=1S/C23H33N3O3S2/c1-29-19-6-3-15(4-7-19)10-24-22(27)21(26-23(28)20-12-31-14-25-20)13-30-11-18-9-16-2-5-17(18)8-16/h3-4,6-7,16-18,20-21,25H,2,5,8-14H2,1H3,(H,24,27)(H,26,28)/t16-,17+,18-,20-,21-/m0/s1. The lowest BCUT2D eigenvalue weighted by atomic mass is 9.90. The van der Waals surface area contributed by atoms with Gasteiger partial charge in [0.25, 0.3) is 0 Å². The Kier molecular flexibility index (Phi) is 8.07. The number of amides is 2. The summed E-state index contributed by atoms with van der Waals surface area (Å²) in [5, 5.41) is 9.20. The number of methoxy groups -OCH3 is 1. The predicted octanol–water partition coefficient (Wildman–Crippen LogP) is 2.63. The molecule has 31 heavy (non-hydrogen) atoms. The summed E-state index contributed by atoms with van der Waals surface area (Å²) in [5.41, 5.74) is 1.00. The first-order valence-electron chi connectivity index (χ1n) is 11.2. The third-order valence-electron chi connectivity index (χ3n) is 6.79. The van der Waals surface area contributed by atoms with Crippen LogP contribution in [0.25, 0.3) is 0 Å². The van der Waals surface area contributed by atoms with E-state index in [0.717, 1.165) is 46.4 Å². The van der Waals surface area contributed by atoms with E-state index in [9.17, 15) is 9.59 Å². The van der Waals surface area contributed by atoms with E-state index in [1.807, 2.05) is 36.0 Å². The Morgan fingerprint density at radius 3 is 2.74 bits per heavy atom. The molecule has 0 unspecified atom stereocenters. The van der Waals surface area contributed by atoms with Crippen LogP contribution in [0.15, 0.2) is 24.3 Å². The molecule has 0 radical (unpaired) electrons. The first-order valence-corrected chi connectivity index (χ1v) is 13.5. The molecule has 3 aliphatic rings. The third kappa shape index (κ3) is 6.11. The fourth-order valence-corrected chi connectivity index (χ4v) is 7.25. The van der Waals surface area contributed by atoms with Crippen molar-refractivity contribution in [1.29, 1.82) is 0 Å². The number of fused-ring (bicyclic) bond motifs is 2. The fraction of sp³-hybridized carbons (Fsp3) is 0.652. The van der Waals surface area contributed by atoms with Gasteiger partial charge in [0, 0.05) is 23.9 Å². The van der Waals surface area contributed by atoms with E-state index in [1.165, 1.54) is 25.7 Å². The third-order valence-corrected chi connectivity index (χ3v) is 8.97. The lowest BCUT2D eigenvalue weighted by molar-refractivity contribution is -0.129. The molecule has 170 valence electrons. The summed E-state index contributed by atoms with van der Waals surface area (Å²) < 4.78 is 5.18. The van der Waals surface area contributed by atoms with Gasteiger partial charge in [-0.25, -0.2) is 0 Å². The van der Waals surface area contributed by atoms with E-state index < -0.39 is 6.04 Å². The molecule has 0 spiro atoms. The van der Waals surface area contributed by atoms with Gasteiger partial charge in [0.05, 0.1) is 13.2 Å². The van der Waals surface area contributed by atoms with Crippen LogP contribution in [0.3, 0.4) is 0 Å². The Balaban J connectivity index is 1.29. The SMILES string of the molecule is COc1ccc(CNC(=O)[C@H](CSC[C@@H]2C[C@H]3CC[C@@H]2C3)NC(=O)[C@@H]2CSCN2)cc1. The number of hydrogen-bond acceptors (Lipinski definition) is 6. The molecule has 1 saturated heterocycles. The van der Waals surface area contributed by atoms with Crippen LogP contribution in [-0.2, 0) is 16.1 Å². The predicted molar refractivity (Wildman–Crippen MR) is 127 cm³/mol. The van der Waals surface area contributed by atoms with Gasteiger partial charge in [-0.2, -0.15) is 11.8 Å². The van der Waals surface area contributed by atoms with Gasteiger partial charge in [-0.3, -0.25) is 14.9 Å². The largest absolute Gasteiger partial charge is 0.497 e. The molecule has 0 aromatic heterocycles. The lowest BCUT2D eigenvalue weighted by Crippen LogP contribution is -2.53. The number of hydrogen-bond donors (Lipinski definition) is 3. The molecule has 3 fully saturated rings. The zero-order valence-electron chi connectivity index (χ0n) is 18.1. The summed E-state index contributed by atoms with van der Waals surface area (Å²) in [4.78, 5) is 25.6. The van der Waals surface area contributed by atoms with Gasteiger partial charge >= 0.3 is 0 Å². The maximum Gasteiger partial charge on any atom is 0.243 e. The minimum absolute atomic E-state index is 0.0740. The van der Waals surface area contributed by atoms with Crippen LogP contribution in [0.2, 0.25) is 0 Å². The number of carbonyl (C=O) groups is 2. The molecule has 1 aromatic rings. The average Bonchev–Trinajstić information content (AvgIpc) is 3.56. The number of benzene rings is 1. The van der Waals surface area contributed by atoms with Crippen molar-refractivity contribution in [2.24, 2.45) is 17.8 Å². The van der Waals surface area contributed by atoms with E-state index in [4.69, 9.17) is 4.74 Å². The van der Waals surface area contributed by atoms with Crippen molar-refractivity contribution in [2.45, 2.75) is 44.3 Å². The molecule has 4 rings (SSSR count). The van der Waals surface area contributed by atoms with Gasteiger partial charge in [0.1, 0.15) is 11.8 Å². The molecule has 5 atom stereocenters. The van der Waals surface area contributed by atoms with Crippen LogP contribution in [0.5, 0.6) is 5.75 Å². The molecule has 2 bridgehead atoms. The molecular weight excluding hydrogens is 430 g/mol. The van der Waals surface area contributed by atoms with Gasteiger partial charge in [0.2, 0.25) is 11.8 Å². The van der Waals surface area contributed by atoms with Crippen molar-refractivity contribution >= 4 is 35.3 Å². The maximum atomic E-state index is 13.0. The monoisotopic (exact) mass is 463 g/mol. The Bertz CT molecular complexity index is 755. The lowest BCUT2D eigenvalue weighted by Gasteiger charge is -2.23.